The Hall–Kier alpha value is -1.60. The molecular formula is C18H22Cl2N4O2. The number of amides is 1. The molecule has 1 amide bonds. The summed E-state index contributed by atoms with van der Waals surface area (Å²) in [6.45, 7) is 7.14. The molecule has 1 aromatic heterocycles. The third kappa shape index (κ3) is 5.20. The number of carbonyl (C=O) groups is 1. The maximum absolute atomic E-state index is 12.2. The van der Waals surface area contributed by atoms with E-state index < -0.39 is 0 Å². The van der Waals surface area contributed by atoms with Gasteiger partial charge in [-0.2, -0.15) is 0 Å². The number of hydrogen-bond acceptors (Lipinski definition) is 5. The maximum Gasteiger partial charge on any atom is 0.225 e. The summed E-state index contributed by atoms with van der Waals surface area (Å²) in [5.74, 6) is 0.812. The fourth-order valence-electron chi connectivity index (χ4n) is 2.96. The quantitative estimate of drug-likeness (QED) is 0.809. The largest absolute Gasteiger partial charge is 0.360 e. The monoisotopic (exact) mass is 396 g/mol. The Balaban J connectivity index is 1.40. The Morgan fingerprint density at radius 3 is 2.46 bits per heavy atom. The van der Waals surface area contributed by atoms with Gasteiger partial charge in [-0.25, -0.2) is 0 Å². The van der Waals surface area contributed by atoms with Crippen molar-refractivity contribution in [3.63, 3.8) is 0 Å². The van der Waals surface area contributed by atoms with Crippen LogP contribution in [0.3, 0.4) is 0 Å². The molecule has 8 heteroatoms. The van der Waals surface area contributed by atoms with E-state index in [0.29, 0.717) is 28.7 Å². The van der Waals surface area contributed by atoms with Gasteiger partial charge in [-0.05, 0) is 19.1 Å². The first kappa shape index (κ1) is 19.2. The summed E-state index contributed by atoms with van der Waals surface area (Å²) in [7, 11) is 0. The first-order valence-electron chi connectivity index (χ1n) is 8.62. The first-order chi connectivity index (χ1) is 12.5. The first-order valence-corrected chi connectivity index (χ1v) is 9.37. The molecule has 1 aliphatic rings. The van der Waals surface area contributed by atoms with Gasteiger partial charge in [0.05, 0.1) is 28.0 Å². The molecule has 0 atom stereocenters. The van der Waals surface area contributed by atoms with E-state index in [2.05, 4.69) is 20.3 Å². The lowest BCUT2D eigenvalue weighted by Crippen LogP contribution is -2.46. The second-order valence-corrected chi connectivity index (χ2v) is 7.26. The summed E-state index contributed by atoms with van der Waals surface area (Å²) in [6, 6.07) is 7.13. The zero-order chi connectivity index (χ0) is 18.5. The third-order valence-corrected chi connectivity index (χ3v) is 5.03. The van der Waals surface area contributed by atoms with Crippen molar-refractivity contribution in [2.75, 3.05) is 38.0 Å². The van der Waals surface area contributed by atoms with Crippen LogP contribution >= 0.6 is 23.2 Å². The van der Waals surface area contributed by atoms with Crippen LogP contribution in [0.25, 0.3) is 0 Å². The number of nitrogens with one attached hydrogen (secondary N) is 1. The molecule has 2 heterocycles. The van der Waals surface area contributed by atoms with E-state index in [1.54, 1.807) is 18.2 Å². The molecule has 1 fully saturated rings. The highest BCUT2D eigenvalue weighted by atomic mass is 35.5. The van der Waals surface area contributed by atoms with E-state index >= 15 is 0 Å². The van der Waals surface area contributed by atoms with Crippen LogP contribution in [0.1, 0.15) is 17.9 Å². The number of halogens is 2. The Kier molecular flexibility index (Phi) is 6.53. The summed E-state index contributed by atoms with van der Waals surface area (Å²) in [4.78, 5) is 16.8. The molecule has 140 valence electrons. The van der Waals surface area contributed by atoms with Crippen LogP contribution in [0.2, 0.25) is 10.0 Å². The molecule has 6 nitrogen and oxygen atoms in total. The number of aryl methyl sites for hydroxylation is 1. The van der Waals surface area contributed by atoms with Crippen LogP contribution in [-0.2, 0) is 11.3 Å². The van der Waals surface area contributed by atoms with Gasteiger partial charge >= 0.3 is 0 Å². The number of piperazine rings is 1. The smallest absolute Gasteiger partial charge is 0.225 e. The van der Waals surface area contributed by atoms with E-state index in [1.807, 2.05) is 13.0 Å². The molecular weight excluding hydrogens is 375 g/mol. The SMILES string of the molecule is Cc1cc(CN2CCN(CCC(=O)Nc3c(Cl)cccc3Cl)CC2)on1. The lowest BCUT2D eigenvalue weighted by molar-refractivity contribution is -0.116. The number of nitrogens with zero attached hydrogens (tertiary/aromatic N) is 3. The molecule has 0 aliphatic carbocycles. The van der Waals surface area contributed by atoms with E-state index in [9.17, 15) is 4.79 Å². The van der Waals surface area contributed by atoms with Crippen LogP contribution in [0, 0.1) is 6.92 Å². The highest BCUT2D eigenvalue weighted by molar-refractivity contribution is 6.39. The second kappa shape index (κ2) is 8.86. The van der Waals surface area contributed by atoms with Gasteiger partial charge < -0.3 is 14.7 Å². The molecule has 3 rings (SSSR count). The third-order valence-electron chi connectivity index (χ3n) is 4.40. The topological polar surface area (TPSA) is 61.6 Å². The number of carbonyl (C=O) groups excluding carboxylic acids is 1. The number of hydrogen-bond donors (Lipinski definition) is 1. The lowest BCUT2D eigenvalue weighted by Gasteiger charge is -2.33. The van der Waals surface area contributed by atoms with Gasteiger partial charge in [-0.3, -0.25) is 9.69 Å². The van der Waals surface area contributed by atoms with E-state index in [1.165, 1.54) is 0 Å². The van der Waals surface area contributed by atoms with Crippen molar-refractivity contribution in [1.29, 1.82) is 0 Å². The summed E-state index contributed by atoms with van der Waals surface area (Å²) in [5, 5.41) is 7.61. The summed E-state index contributed by atoms with van der Waals surface area (Å²) in [5.41, 5.74) is 1.39. The zero-order valence-corrected chi connectivity index (χ0v) is 16.2. The van der Waals surface area contributed by atoms with Gasteiger partial charge in [0.1, 0.15) is 0 Å². The number of benzene rings is 1. The number of aromatic nitrogens is 1. The molecule has 0 bridgehead atoms. The molecule has 1 saturated heterocycles. The van der Waals surface area contributed by atoms with Crippen molar-refractivity contribution < 1.29 is 9.32 Å². The molecule has 0 radical (unpaired) electrons. The average Bonchev–Trinajstić information content (AvgIpc) is 3.02. The van der Waals surface area contributed by atoms with Gasteiger partial charge in [0.15, 0.2) is 5.76 Å². The summed E-state index contributed by atoms with van der Waals surface area (Å²) < 4.78 is 5.27. The number of anilines is 1. The van der Waals surface area contributed by atoms with Crippen molar-refractivity contribution in [2.24, 2.45) is 0 Å². The molecule has 0 saturated carbocycles. The minimum absolute atomic E-state index is 0.0837. The predicted molar refractivity (Wildman–Crippen MR) is 103 cm³/mol. The summed E-state index contributed by atoms with van der Waals surface area (Å²) >= 11 is 12.2. The molecule has 1 aliphatic heterocycles. The standard InChI is InChI=1S/C18H22Cl2N4O2/c1-13-11-14(26-22-13)12-24-9-7-23(8-10-24)6-5-17(25)21-18-15(19)3-2-4-16(18)20/h2-4,11H,5-10,12H2,1H3,(H,21,25). The van der Waals surface area contributed by atoms with E-state index in [0.717, 1.165) is 44.2 Å². The van der Waals surface area contributed by atoms with Gasteiger partial charge in [-0.1, -0.05) is 34.4 Å². The van der Waals surface area contributed by atoms with Gasteiger partial charge in [0.2, 0.25) is 5.91 Å². The molecule has 1 N–H and O–H groups in total. The number of rotatable bonds is 6. The van der Waals surface area contributed by atoms with Crippen molar-refractivity contribution >= 4 is 34.8 Å². The van der Waals surface area contributed by atoms with Crippen LogP contribution in [0.5, 0.6) is 0 Å². The van der Waals surface area contributed by atoms with Crippen molar-refractivity contribution in [3.8, 4) is 0 Å². The summed E-state index contributed by atoms with van der Waals surface area (Å²) in [6.07, 6.45) is 0.406. The van der Waals surface area contributed by atoms with Crippen LogP contribution in [-0.4, -0.2) is 53.6 Å². The molecule has 26 heavy (non-hydrogen) atoms. The molecule has 0 unspecified atom stereocenters. The fraction of sp³-hybridized carbons (Fsp3) is 0.444. The van der Waals surface area contributed by atoms with Crippen LogP contribution in [0.4, 0.5) is 5.69 Å². The average molecular weight is 397 g/mol. The zero-order valence-electron chi connectivity index (χ0n) is 14.7. The van der Waals surface area contributed by atoms with Crippen molar-refractivity contribution in [3.05, 3.63) is 45.8 Å². The second-order valence-electron chi connectivity index (χ2n) is 6.45. The Morgan fingerprint density at radius 2 is 1.85 bits per heavy atom. The van der Waals surface area contributed by atoms with Gasteiger partial charge in [0.25, 0.3) is 0 Å². The van der Waals surface area contributed by atoms with Crippen LogP contribution in [0.15, 0.2) is 28.8 Å². The van der Waals surface area contributed by atoms with Gasteiger partial charge in [0, 0.05) is 45.2 Å². The van der Waals surface area contributed by atoms with Crippen molar-refractivity contribution in [2.45, 2.75) is 19.9 Å². The molecule has 1 aromatic carbocycles. The van der Waals surface area contributed by atoms with Gasteiger partial charge in [-0.15, -0.1) is 0 Å². The minimum atomic E-state index is -0.0837. The van der Waals surface area contributed by atoms with E-state index in [-0.39, 0.29) is 5.91 Å². The predicted octanol–water partition coefficient (Wildman–Crippen LogP) is 3.44. The minimum Gasteiger partial charge on any atom is -0.360 e. The number of para-hydroxylation sites is 1. The molecule has 2 aromatic rings. The van der Waals surface area contributed by atoms with Crippen LogP contribution < -0.4 is 5.32 Å². The van der Waals surface area contributed by atoms with Crippen molar-refractivity contribution in [1.82, 2.24) is 15.0 Å². The fourth-order valence-corrected chi connectivity index (χ4v) is 3.45. The molecule has 0 spiro atoms. The lowest BCUT2D eigenvalue weighted by atomic mass is 10.2. The highest BCUT2D eigenvalue weighted by Gasteiger charge is 2.19. The highest BCUT2D eigenvalue weighted by Crippen LogP contribution is 2.29. The normalized spacial score (nSPS) is 16.0. The Bertz CT molecular complexity index is 737. The Morgan fingerprint density at radius 1 is 1.19 bits per heavy atom. The maximum atomic E-state index is 12.2. The van der Waals surface area contributed by atoms with E-state index in [4.69, 9.17) is 27.7 Å². The Labute approximate surface area is 163 Å².